The largest absolute Gasteiger partial charge is 0.493 e. The molecule has 1 aliphatic heterocycles. The number of carbonyl (C=O) groups excluding carboxylic acids is 3. The summed E-state index contributed by atoms with van der Waals surface area (Å²) in [6, 6.07) is 4.18. The zero-order chi connectivity index (χ0) is 25.1. The van der Waals surface area contributed by atoms with E-state index >= 15 is 0 Å². The Labute approximate surface area is 203 Å². The molecule has 0 unspecified atom stereocenters. The van der Waals surface area contributed by atoms with Crippen molar-refractivity contribution in [3.05, 3.63) is 36.2 Å². The second-order valence-corrected chi connectivity index (χ2v) is 9.04. The van der Waals surface area contributed by atoms with Crippen molar-refractivity contribution in [1.82, 2.24) is 15.0 Å². The maximum absolute atomic E-state index is 13.1. The standard InChI is InChI=1S/C25H29N3O7/c1-14(2)11-18(28-23(29)16-7-5-6-8-17(16)24(28)30)25(31)34-13-21-26-22(27-35-21)15-9-10-19(32-3)20(12-15)33-4/h5-6,9-10,12,14,16-18H,7-8,11,13H2,1-4H3/t16-,17+,18-/m0/s1. The number of carbonyl (C=O) groups is 3. The van der Waals surface area contributed by atoms with Crippen LogP contribution in [0.4, 0.5) is 0 Å². The number of likely N-dealkylation sites (tertiary alicyclic amines) is 1. The van der Waals surface area contributed by atoms with Crippen LogP contribution in [-0.2, 0) is 25.7 Å². The van der Waals surface area contributed by atoms with Crippen LogP contribution in [0.1, 0.15) is 39.0 Å². The van der Waals surface area contributed by atoms with Crippen molar-refractivity contribution in [1.29, 1.82) is 0 Å². The third-order valence-electron chi connectivity index (χ3n) is 6.27. The van der Waals surface area contributed by atoms with Crippen molar-refractivity contribution in [2.45, 2.75) is 45.8 Å². The van der Waals surface area contributed by atoms with Gasteiger partial charge in [0.15, 0.2) is 18.1 Å². The number of imide groups is 1. The Kier molecular flexibility index (Phi) is 7.18. The molecule has 35 heavy (non-hydrogen) atoms. The molecular formula is C25H29N3O7. The highest BCUT2D eigenvalue weighted by atomic mass is 16.6. The summed E-state index contributed by atoms with van der Waals surface area (Å²) in [5.74, 6) is -0.583. The number of hydrogen-bond donors (Lipinski definition) is 0. The van der Waals surface area contributed by atoms with E-state index in [-0.39, 0.29) is 36.1 Å². The van der Waals surface area contributed by atoms with Gasteiger partial charge >= 0.3 is 5.97 Å². The van der Waals surface area contributed by atoms with Gasteiger partial charge in [-0.05, 0) is 43.4 Å². The van der Waals surface area contributed by atoms with Gasteiger partial charge in [-0.25, -0.2) is 4.79 Å². The molecule has 186 valence electrons. The molecule has 1 aromatic heterocycles. The van der Waals surface area contributed by atoms with Crippen LogP contribution in [0, 0.1) is 17.8 Å². The molecular weight excluding hydrogens is 454 g/mol. The van der Waals surface area contributed by atoms with E-state index in [0.717, 1.165) is 4.90 Å². The van der Waals surface area contributed by atoms with Crippen LogP contribution < -0.4 is 9.47 Å². The molecule has 0 radical (unpaired) electrons. The maximum Gasteiger partial charge on any atom is 0.329 e. The third kappa shape index (κ3) is 4.91. The van der Waals surface area contributed by atoms with Gasteiger partial charge in [0.2, 0.25) is 17.6 Å². The Balaban J connectivity index is 1.46. The summed E-state index contributed by atoms with van der Waals surface area (Å²) >= 11 is 0. The van der Waals surface area contributed by atoms with Crippen LogP contribution in [0.2, 0.25) is 0 Å². The highest BCUT2D eigenvalue weighted by Gasteiger charge is 2.51. The minimum absolute atomic E-state index is 0.0639. The van der Waals surface area contributed by atoms with Gasteiger partial charge in [0, 0.05) is 5.56 Å². The predicted molar refractivity (Wildman–Crippen MR) is 123 cm³/mol. The average Bonchev–Trinajstić information content (AvgIpc) is 3.43. The fourth-order valence-corrected chi connectivity index (χ4v) is 4.52. The van der Waals surface area contributed by atoms with E-state index in [1.165, 1.54) is 7.11 Å². The van der Waals surface area contributed by atoms with Crippen LogP contribution in [0.25, 0.3) is 11.4 Å². The van der Waals surface area contributed by atoms with E-state index in [2.05, 4.69) is 10.1 Å². The summed E-state index contributed by atoms with van der Waals surface area (Å²) in [7, 11) is 3.07. The monoisotopic (exact) mass is 483 g/mol. The molecule has 10 heteroatoms. The van der Waals surface area contributed by atoms with Crippen molar-refractivity contribution in [3.8, 4) is 22.9 Å². The Morgan fingerprint density at radius 2 is 1.74 bits per heavy atom. The Hall–Kier alpha value is -3.69. The third-order valence-corrected chi connectivity index (χ3v) is 6.27. The molecule has 1 saturated heterocycles. The number of rotatable bonds is 9. The quantitative estimate of drug-likeness (QED) is 0.301. The first kappa shape index (κ1) is 24.4. The first-order chi connectivity index (χ1) is 16.8. The SMILES string of the molecule is COc1ccc(-c2noc(COC(=O)[C@H](CC(C)C)N3C(=O)[C@H]4CC=CC[C@H]4C3=O)n2)cc1OC. The number of benzene rings is 1. The molecule has 2 aromatic rings. The second-order valence-electron chi connectivity index (χ2n) is 9.04. The molecule has 10 nitrogen and oxygen atoms in total. The van der Waals surface area contributed by atoms with Gasteiger partial charge in [-0.2, -0.15) is 4.98 Å². The fourth-order valence-electron chi connectivity index (χ4n) is 4.52. The van der Waals surface area contributed by atoms with Crippen molar-refractivity contribution in [2.24, 2.45) is 17.8 Å². The van der Waals surface area contributed by atoms with Crippen molar-refractivity contribution >= 4 is 17.8 Å². The topological polar surface area (TPSA) is 121 Å². The Morgan fingerprint density at radius 1 is 1.09 bits per heavy atom. The number of methoxy groups -OCH3 is 2. The van der Waals surface area contributed by atoms with E-state index in [1.54, 1.807) is 25.3 Å². The summed E-state index contributed by atoms with van der Waals surface area (Å²) in [4.78, 5) is 44.5. The molecule has 0 bridgehead atoms. The van der Waals surface area contributed by atoms with Crippen LogP contribution in [0.15, 0.2) is 34.9 Å². The van der Waals surface area contributed by atoms with Crippen molar-refractivity contribution in [3.63, 3.8) is 0 Å². The lowest BCUT2D eigenvalue weighted by Gasteiger charge is -2.26. The second kappa shape index (κ2) is 10.3. The van der Waals surface area contributed by atoms with E-state index in [4.69, 9.17) is 18.7 Å². The highest BCUT2D eigenvalue weighted by Crippen LogP contribution is 2.37. The molecule has 2 amide bonds. The lowest BCUT2D eigenvalue weighted by molar-refractivity contribution is -0.161. The summed E-state index contributed by atoms with van der Waals surface area (Å²) in [6.07, 6.45) is 5.16. The number of esters is 1. The smallest absolute Gasteiger partial charge is 0.329 e. The first-order valence-corrected chi connectivity index (χ1v) is 11.6. The predicted octanol–water partition coefficient (Wildman–Crippen LogP) is 3.16. The zero-order valence-electron chi connectivity index (χ0n) is 20.2. The number of ether oxygens (including phenoxy) is 3. The molecule has 4 rings (SSSR count). The van der Waals surface area contributed by atoms with E-state index in [1.807, 2.05) is 26.0 Å². The van der Waals surface area contributed by atoms with Gasteiger partial charge in [0.25, 0.3) is 5.89 Å². The summed E-state index contributed by atoms with van der Waals surface area (Å²) in [6.45, 7) is 3.57. The molecule has 1 fully saturated rings. The minimum atomic E-state index is -0.992. The van der Waals surface area contributed by atoms with Gasteiger partial charge in [-0.3, -0.25) is 14.5 Å². The lowest BCUT2D eigenvalue weighted by Crippen LogP contribution is -2.47. The first-order valence-electron chi connectivity index (χ1n) is 11.6. The van der Waals surface area contributed by atoms with Gasteiger partial charge in [-0.1, -0.05) is 31.2 Å². The molecule has 2 heterocycles. The van der Waals surface area contributed by atoms with E-state index < -0.39 is 23.8 Å². The fraction of sp³-hybridized carbons (Fsp3) is 0.480. The normalized spacial score (nSPS) is 20.2. The van der Waals surface area contributed by atoms with Gasteiger partial charge in [0.05, 0.1) is 26.1 Å². The Bertz CT molecular complexity index is 1110. The van der Waals surface area contributed by atoms with Gasteiger partial charge in [0.1, 0.15) is 6.04 Å². The van der Waals surface area contributed by atoms with Crippen LogP contribution >= 0.6 is 0 Å². The number of allylic oxidation sites excluding steroid dienone is 2. The average molecular weight is 484 g/mol. The number of fused-ring (bicyclic) bond motifs is 1. The minimum Gasteiger partial charge on any atom is -0.493 e. The molecule has 3 atom stereocenters. The lowest BCUT2D eigenvalue weighted by atomic mass is 9.85. The molecule has 1 aliphatic carbocycles. The van der Waals surface area contributed by atoms with E-state index in [0.29, 0.717) is 36.3 Å². The number of aromatic nitrogens is 2. The maximum atomic E-state index is 13.1. The van der Waals surface area contributed by atoms with Gasteiger partial charge in [-0.15, -0.1) is 0 Å². The van der Waals surface area contributed by atoms with Crippen LogP contribution in [0.3, 0.4) is 0 Å². The van der Waals surface area contributed by atoms with Crippen LogP contribution in [-0.4, -0.2) is 53.1 Å². The van der Waals surface area contributed by atoms with Crippen molar-refractivity contribution in [2.75, 3.05) is 14.2 Å². The molecule has 2 aliphatic rings. The number of amides is 2. The summed E-state index contributed by atoms with van der Waals surface area (Å²) in [5.41, 5.74) is 0.631. The zero-order valence-corrected chi connectivity index (χ0v) is 20.2. The molecule has 1 aromatic carbocycles. The summed E-state index contributed by atoms with van der Waals surface area (Å²) in [5, 5.41) is 3.94. The Morgan fingerprint density at radius 3 is 2.34 bits per heavy atom. The highest BCUT2D eigenvalue weighted by molar-refractivity contribution is 6.08. The van der Waals surface area contributed by atoms with Crippen LogP contribution in [0.5, 0.6) is 11.5 Å². The number of nitrogens with zero attached hydrogens (tertiary/aromatic N) is 3. The molecule has 0 spiro atoms. The summed E-state index contributed by atoms with van der Waals surface area (Å²) < 4.78 is 21.2. The number of hydrogen-bond acceptors (Lipinski definition) is 9. The molecule has 0 N–H and O–H groups in total. The van der Waals surface area contributed by atoms with Gasteiger partial charge < -0.3 is 18.7 Å². The van der Waals surface area contributed by atoms with E-state index in [9.17, 15) is 14.4 Å². The molecule has 0 saturated carbocycles. The van der Waals surface area contributed by atoms with Crippen molar-refractivity contribution < 1.29 is 33.1 Å².